The van der Waals surface area contributed by atoms with Crippen LogP contribution in [0.15, 0.2) is 12.3 Å². The molecule has 0 fully saturated rings. The number of halogens is 1. The number of nitrogens with zero attached hydrogens (tertiary/aromatic N) is 1. The van der Waals surface area contributed by atoms with Gasteiger partial charge in [-0.1, -0.05) is 102 Å². The third-order valence-corrected chi connectivity index (χ3v) is 6.07. The number of aliphatic hydroxyl groups excluding tert-OH is 1. The van der Waals surface area contributed by atoms with Crippen molar-refractivity contribution in [2.24, 2.45) is 0 Å². The van der Waals surface area contributed by atoms with Gasteiger partial charge in [-0.2, -0.15) is 4.73 Å². The molecule has 0 radical (unpaired) electrons. The van der Waals surface area contributed by atoms with Gasteiger partial charge in [-0.05, 0) is 31.7 Å². The van der Waals surface area contributed by atoms with E-state index in [1.54, 1.807) is 12.3 Å². The van der Waals surface area contributed by atoms with Crippen molar-refractivity contribution >= 4 is 17.6 Å². The topological polar surface area (TPSA) is 60.7 Å². The first-order valence-electron chi connectivity index (χ1n) is 13.0. The number of aliphatic hydroxyl groups is 1. The molecule has 5 nitrogen and oxygen atoms in total. The number of unbranched alkanes of at least 4 members (excludes halogenated alkanes) is 15. The van der Waals surface area contributed by atoms with Gasteiger partial charge < -0.3 is 14.7 Å². The van der Waals surface area contributed by atoms with Gasteiger partial charge in [-0.3, -0.25) is 0 Å². The maximum atomic E-state index is 12.4. The summed E-state index contributed by atoms with van der Waals surface area (Å²) in [6, 6.07) is 1.67. The molecule has 6 heteroatoms. The van der Waals surface area contributed by atoms with E-state index in [1.165, 1.54) is 56.1 Å². The van der Waals surface area contributed by atoms with E-state index in [0.29, 0.717) is 18.2 Å². The van der Waals surface area contributed by atoms with E-state index in [1.807, 2.05) is 0 Å². The van der Waals surface area contributed by atoms with Gasteiger partial charge in [0.2, 0.25) is 0 Å². The van der Waals surface area contributed by atoms with Crippen LogP contribution in [0.1, 0.15) is 127 Å². The molecule has 0 aliphatic heterocycles. The summed E-state index contributed by atoms with van der Waals surface area (Å²) in [4.78, 5) is 18.2. The van der Waals surface area contributed by atoms with E-state index in [9.17, 15) is 4.79 Å². The third kappa shape index (κ3) is 14.1. The van der Waals surface area contributed by atoms with E-state index in [4.69, 9.17) is 26.3 Å². The number of ether oxygens (including phenoxy) is 1. The lowest BCUT2D eigenvalue weighted by Crippen LogP contribution is -2.19. The molecule has 0 aliphatic carbocycles. The number of aromatic nitrogens is 1. The Morgan fingerprint density at radius 1 is 0.812 bits per heavy atom. The molecule has 32 heavy (non-hydrogen) atoms. The maximum absolute atomic E-state index is 12.4. The quantitative estimate of drug-likeness (QED) is 0.141. The van der Waals surface area contributed by atoms with E-state index >= 15 is 0 Å². The Hall–Kier alpha value is -1.20. The predicted octanol–water partition coefficient (Wildman–Crippen LogP) is 7.37. The molecule has 0 saturated carbocycles. The Balaban J connectivity index is 2.11. The number of carbonyl (C=O) groups is 1. The molecule has 1 aromatic rings. The van der Waals surface area contributed by atoms with Crippen LogP contribution in [-0.2, 0) is 4.74 Å². The summed E-state index contributed by atoms with van der Waals surface area (Å²) in [6.07, 6.45) is 21.7. The van der Waals surface area contributed by atoms with Crippen LogP contribution in [0.5, 0.6) is 0 Å². The van der Waals surface area contributed by atoms with E-state index in [-0.39, 0.29) is 12.3 Å². The first-order chi connectivity index (χ1) is 15.7. The predicted molar refractivity (Wildman–Crippen MR) is 132 cm³/mol. The van der Waals surface area contributed by atoms with Gasteiger partial charge >= 0.3 is 5.97 Å². The molecular formula is C26H46ClNO4. The SMILES string of the molecule is CCCCCCCCCCCCOn1ccc(Cl)c1C(=O)OCCCCCCCCCO. The number of carbonyl (C=O) groups excluding carboxylic acids is 1. The zero-order valence-electron chi connectivity index (χ0n) is 20.3. The molecule has 0 bridgehead atoms. The van der Waals surface area contributed by atoms with Crippen molar-refractivity contribution in [2.45, 2.75) is 116 Å². The van der Waals surface area contributed by atoms with Crippen molar-refractivity contribution in [1.29, 1.82) is 0 Å². The molecule has 1 heterocycles. The maximum Gasteiger partial charge on any atom is 0.359 e. The first-order valence-corrected chi connectivity index (χ1v) is 13.4. The Bertz CT molecular complexity index is 576. The van der Waals surface area contributed by atoms with Crippen LogP contribution in [0.3, 0.4) is 0 Å². The second-order valence-corrected chi connectivity index (χ2v) is 9.09. The van der Waals surface area contributed by atoms with Gasteiger partial charge in [-0.15, -0.1) is 0 Å². The lowest BCUT2D eigenvalue weighted by Gasteiger charge is -2.11. The summed E-state index contributed by atoms with van der Waals surface area (Å²) in [6.45, 7) is 3.50. The minimum Gasteiger partial charge on any atom is -0.461 e. The highest BCUT2D eigenvalue weighted by Crippen LogP contribution is 2.18. The summed E-state index contributed by atoms with van der Waals surface area (Å²) >= 11 is 6.19. The second kappa shape index (κ2) is 20.4. The Morgan fingerprint density at radius 3 is 1.88 bits per heavy atom. The molecule has 186 valence electrons. The lowest BCUT2D eigenvalue weighted by molar-refractivity contribution is 0.0411. The van der Waals surface area contributed by atoms with Crippen molar-refractivity contribution in [3.05, 3.63) is 23.0 Å². The minimum atomic E-state index is -0.425. The standard InChI is InChI=1S/C26H46ClNO4/c1-2-3-4-5-6-7-8-12-15-18-23-32-28-20-19-24(27)25(28)26(30)31-22-17-14-11-9-10-13-16-21-29/h19-20,29H,2-18,21-23H2,1H3. The third-order valence-electron chi connectivity index (χ3n) is 5.76. The van der Waals surface area contributed by atoms with Crippen molar-refractivity contribution in [1.82, 2.24) is 4.73 Å². The van der Waals surface area contributed by atoms with E-state index in [2.05, 4.69) is 6.92 Å². The number of rotatable bonds is 22. The molecule has 0 amide bonds. The summed E-state index contributed by atoms with van der Waals surface area (Å²) < 4.78 is 6.86. The van der Waals surface area contributed by atoms with Crippen LogP contribution in [-0.4, -0.2) is 35.6 Å². The van der Waals surface area contributed by atoms with E-state index < -0.39 is 5.97 Å². The van der Waals surface area contributed by atoms with Crippen molar-refractivity contribution in [2.75, 3.05) is 19.8 Å². The van der Waals surface area contributed by atoms with Gasteiger partial charge in [0, 0.05) is 12.8 Å². The van der Waals surface area contributed by atoms with Crippen molar-refractivity contribution in [3.8, 4) is 0 Å². The number of esters is 1. The smallest absolute Gasteiger partial charge is 0.359 e. The van der Waals surface area contributed by atoms with Crippen molar-refractivity contribution in [3.63, 3.8) is 0 Å². The van der Waals surface area contributed by atoms with E-state index in [0.717, 1.165) is 57.8 Å². The molecule has 0 spiro atoms. The molecule has 0 aliphatic rings. The van der Waals surface area contributed by atoms with Crippen LogP contribution in [0.4, 0.5) is 0 Å². The normalized spacial score (nSPS) is 11.1. The molecule has 0 aromatic carbocycles. The fourth-order valence-electron chi connectivity index (χ4n) is 3.77. The Morgan fingerprint density at radius 2 is 1.31 bits per heavy atom. The van der Waals surface area contributed by atoms with Gasteiger partial charge in [0.05, 0.1) is 11.6 Å². The van der Waals surface area contributed by atoms with Crippen LogP contribution in [0.25, 0.3) is 0 Å². The molecule has 1 rings (SSSR count). The highest BCUT2D eigenvalue weighted by molar-refractivity contribution is 6.33. The molecule has 1 aromatic heterocycles. The number of hydrogen-bond acceptors (Lipinski definition) is 4. The van der Waals surface area contributed by atoms with Crippen LogP contribution < -0.4 is 4.84 Å². The summed E-state index contributed by atoms with van der Waals surface area (Å²) in [5, 5.41) is 9.13. The second-order valence-electron chi connectivity index (χ2n) is 8.69. The minimum absolute atomic E-state index is 0.280. The summed E-state index contributed by atoms with van der Waals surface area (Å²) in [5.41, 5.74) is 0.280. The van der Waals surface area contributed by atoms with Gasteiger partial charge in [0.25, 0.3) is 0 Å². The fraction of sp³-hybridized carbons (Fsp3) is 0.808. The van der Waals surface area contributed by atoms with Gasteiger partial charge in [0.15, 0.2) is 5.69 Å². The highest BCUT2D eigenvalue weighted by Gasteiger charge is 2.18. The van der Waals surface area contributed by atoms with Crippen LogP contribution in [0.2, 0.25) is 5.02 Å². The Labute approximate surface area is 200 Å². The zero-order valence-corrected chi connectivity index (χ0v) is 21.0. The first kappa shape index (κ1) is 28.8. The van der Waals surface area contributed by atoms with Crippen LogP contribution >= 0.6 is 11.6 Å². The van der Waals surface area contributed by atoms with Crippen molar-refractivity contribution < 1.29 is 19.5 Å². The molecule has 0 saturated heterocycles. The molecule has 1 N–H and O–H groups in total. The van der Waals surface area contributed by atoms with Gasteiger partial charge in [0.1, 0.15) is 6.61 Å². The highest BCUT2D eigenvalue weighted by atomic mass is 35.5. The zero-order chi connectivity index (χ0) is 23.3. The average Bonchev–Trinajstić information content (AvgIpc) is 3.16. The average molecular weight is 472 g/mol. The van der Waals surface area contributed by atoms with Crippen LogP contribution in [0, 0.1) is 0 Å². The molecular weight excluding hydrogens is 426 g/mol. The molecule has 0 atom stereocenters. The molecule has 0 unspecified atom stereocenters. The summed E-state index contributed by atoms with van der Waals surface area (Å²) in [5.74, 6) is -0.425. The largest absolute Gasteiger partial charge is 0.461 e. The fourth-order valence-corrected chi connectivity index (χ4v) is 3.99. The summed E-state index contributed by atoms with van der Waals surface area (Å²) in [7, 11) is 0. The Kier molecular flexibility index (Phi) is 18.4. The van der Waals surface area contributed by atoms with Gasteiger partial charge in [-0.25, -0.2) is 4.79 Å². The monoisotopic (exact) mass is 471 g/mol. The number of hydrogen-bond donors (Lipinski definition) is 1. The lowest BCUT2D eigenvalue weighted by atomic mass is 10.1.